The van der Waals surface area contributed by atoms with Crippen molar-refractivity contribution in [3.63, 3.8) is 0 Å². The zero-order chi connectivity index (χ0) is 13.3. The van der Waals surface area contributed by atoms with Gasteiger partial charge in [-0.3, -0.25) is 0 Å². The summed E-state index contributed by atoms with van der Waals surface area (Å²) in [5.74, 6) is 0.747. The highest BCUT2D eigenvalue weighted by molar-refractivity contribution is 4.90. The smallest absolute Gasteiger partial charge is 0.0897 e. The van der Waals surface area contributed by atoms with Crippen molar-refractivity contribution >= 4 is 0 Å². The number of hydrogen-bond acceptors (Lipinski definition) is 3. The third-order valence-corrected chi connectivity index (χ3v) is 4.27. The lowest BCUT2D eigenvalue weighted by atomic mass is 9.94. The first-order chi connectivity index (χ1) is 9.34. The van der Waals surface area contributed by atoms with Gasteiger partial charge in [-0.25, -0.2) is 0 Å². The second-order valence-electron chi connectivity index (χ2n) is 6.06. The monoisotopic (exact) mass is 267 g/mol. The minimum Gasteiger partial charge on any atom is -0.389 e. The van der Waals surface area contributed by atoms with E-state index in [4.69, 9.17) is 4.74 Å². The van der Waals surface area contributed by atoms with E-state index < -0.39 is 0 Å². The molecule has 0 aromatic carbocycles. The maximum Gasteiger partial charge on any atom is 0.0897 e. The minimum absolute atomic E-state index is 0.360. The van der Waals surface area contributed by atoms with Gasteiger partial charge in [-0.1, -0.05) is 31.4 Å². The summed E-state index contributed by atoms with van der Waals surface area (Å²) in [6.07, 6.45) is 14.5. The number of hydrogen-bond donors (Lipinski definition) is 2. The molecule has 2 aliphatic carbocycles. The molecule has 2 atom stereocenters. The average molecular weight is 267 g/mol. The van der Waals surface area contributed by atoms with Crippen LogP contribution in [0, 0.1) is 5.92 Å². The predicted octanol–water partition coefficient (Wildman–Crippen LogP) is 2.64. The van der Waals surface area contributed by atoms with Gasteiger partial charge in [-0.05, 0) is 44.6 Å². The van der Waals surface area contributed by atoms with Gasteiger partial charge in [0.25, 0.3) is 0 Å². The molecule has 3 nitrogen and oxygen atoms in total. The predicted molar refractivity (Wildman–Crippen MR) is 78.2 cm³/mol. The second-order valence-corrected chi connectivity index (χ2v) is 6.06. The number of aliphatic hydroxyl groups excluding tert-OH is 1. The SMILES string of the molecule is OC(CNCC1CC=CCC1)COC1CCCCC1. The maximum atomic E-state index is 9.91. The number of ether oxygens (including phenoxy) is 1. The maximum absolute atomic E-state index is 9.91. The van der Waals surface area contributed by atoms with Crippen LogP contribution < -0.4 is 5.32 Å². The lowest BCUT2D eigenvalue weighted by Gasteiger charge is -2.24. The molecule has 2 N–H and O–H groups in total. The largest absolute Gasteiger partial charge is 0.389 e. The van der Waals surface area contributed by atoms with E-state index in [1.54, 1.807) is 0 Å². The fraction of sp³-hybridized carbons (Fsp3) is 0.875. The molecule has 19 heavy (non-hydrogen) atoms. The van der Waals surface area contributed by atoms with Crippen LogP contribution in [-0.2, 0) is 4.74 Å². The topological polar surface area (TPSA) is 41.5 Å². The Morgan fingerprint density at radius 2 is 2.00 bits per heavy atom. The van der Waals surface area contributed by atoms with E-state index in [-0.39, 0.29) is 6.10 Å². The van der Waals surface area contributed by atoms with Crippen molar-refractivity contribution in [1.82, 2.24) is 5.32 Å². The van der Waals surface area contributed by atoms with Crippen molar-refractivity contribution in [2.75, 3.05) is 19.7 Å². The van der Waals surface area contributed by atoms with Crippen LogP contribution in [0.2, 0.25) is 0 Å². The van der Waals surface area contributed by atoms with Crippen molar-refractivity contribution in [2.45, 2.75) is 63.6 Å². The molecule has 1 saturated carbocycles. The van der Waals surface area contributed by atoms with Crippen LogP contribution in [0.1, 0.15) is 51.4 Å². The summed E-state index contributed by atoms with van der Waals surface area (Å²) < 4.78 is 5.79. The van der Waals surface area contributed by atoms with E-state index in [1.807, 2.05) is 0 Å². The third kappa shape index (κ3) is 6.07. The molecule has 0 spiro atoms. The molecule has 2 unspecified atom stereocenters. The van der Waals surface area contributed by atoms with Gasteiger partial charge in [0.2, 0.25) is 0 Å². The summed E-state index contributed by atoms with van der Waals surface area (Å²) in [7, 11) is 0. The van der Waals surface area contributed by atoms with E-state index >= 15 is 0 Å². The third-order valence-electron chi connectivity index (χ3n) is 4.27. The highest BCUT2D eigenvalue weighted by Crippen LogP contribution is 2.20. The van der Waals surface area contributed by atoms with E-state index in [2.05, 4.69) is 17.5 Å². The Morgan fingerprint density at radius 1 is 1.16 bits per heavy atom. The molecule has 0 bridgehead atoms. The molecule has 0 aliphatic heterocycles. The Balaban J connectivity index is 1.49. The first kappa shape index (κ1) is 15.0. The molecule has 0 aromatic rings. The normalized spacial score (nSPS) is 26.5. The summed E-state index contributed by atoms with van der Waals surface area (Å²) in [6, 6.07) is 0. The second kappa shape index (κ2) is 8.72. The Kier molecular flexibility index (Phi) is 6.90. The van der Waals surface area contributed by atoms with Gasteiger partial charge in [0, 0.05) is 6.54 Å². The van der Waals surface area contributed by atoms with Gasteiger partial charge in [0.15, 0.2) is 0 Å². The lowest BCUT2D eigenvalue weighted by molar-refractivity contribution is -0.0231. The molecule has 3 heteroatoms. The fourth-order valence-electron chi connectivity index (χ4n) is 3.03. The van der Waals surface area contributed by atoms with Crippen LogP contribution in [0.3, 0.4) is 0 Å². The van der Waals surface area contributed by atoms with E-state index in [9.17, 15) is 5.11 Å². The van der Waals surface area contributed by atoms with E-state index in [1.165, 1.54) is 51.4 Å². The van der Waals surface area contributed by atoms with Crippen LogP contribution in [0.25, 0.3) is 0 Å². The van der Waals surface area contributed by atoms with Crippen molar-refractivity contribution in [3.8, 4) is 0 Å². The molecular formula is C16H29NO2. The Hall–Kier alpha value is -0.380. The molecule has 0 amide bonds. The average Bonchev–Trinajstić information content (AvgIpc) is 2.47. The van der Waals surface area contributed by atoms with Crippen LogP contribution in [0.15, 0.2) is 12.2 Å². The molecule has 0 radical (unpaired) electrons. The first-order valence-electron chi connectivity index (χ1n) is 8.00. The van der Waals surface area contributed by atoms with Gasteiger partial charge < -0.3 is 15.2 Å². The summed E-state index contributed by atoms with van der Waals surface area (Å²) in [6.45, 7) is 2.17. The number of rotatable bonds is 7. The van der Waals surface area contributed by atoms with Crippen LogP contribution in [0.5, 0.6) is 0 Å². The zero-order valence-electron chi connectivity index (χ0n) is 12.0. The van der Waals surface area contributed by atoms with Gasteiger partial charge in [-0.2, -0.15) is 0 Å². The Morgan fingerprint density at radius 3 is 2.74 bits per heavy atom. The quantitative estimate of drug-likeness (QED) is 0.697. The van der Waals surface area contributed by atoms with Crippen LogP contribution in [0.4, 0.5) is 0 Å². The van der Waals surface area contributed by atoms with Crippen molar-refractivity contribution in [3.05, 3.63) is 12.2 Å². The molecule has 2 aliphatic rings. The highest BCUT2D eigenvalue weighted by Gasteiger charge is 2.16. The van der Waals surface area contributed by atoms with Crippen molar-refractivity contribution in [1.29, 1.82) is 0 Å². The Labute approximate surface area is 117 Å². The van der Waals surface area contributed by atoms with Gasteiger partial charge in [0.1, 0.15) is 0 Å². The molecule has 1 fully saturated rings. The lowest BCUT2D eigenvalue weighted by Crippen LogP contribution is -2.35. The molecule has 2 rings (SSSR count). The van der Waals surface area contributed by atoms with Crippen LogP contribution >= 0.6 is 0 Å². The number of allylic oxidation sites excluding steroid dienone is 2. The number of aliphatic hydroxyl groups is 1. The van der Waals surface area contributed by atoms with Crippen LogP contribution in [-0.4, -0.2) is 37.0 Å². The highest BCUT2D eigenvalue weighted by atomic mass is 16.5. The summed E-state index contributed by atoms with van der Waals surface area (Å²) in [4.78, 5) is 0. The summed E-state index contributed by atoms with van der Waals surface area (Å²) in [5.41, 5.74) is 0. The van der Waals surface area contributed by atoms with E-state index in [0.717, 1.165) is 12.5 Å². The summed E-state index contributed by atoms with van der Waals surface area (Å²) in [5, 5.41) is 13.3. The molecule has 0 heterocycles. The zero-order valence-corrected chi connectivity index (χ0v) is 12.0. The molecule has 110 valence electrons. The molecule has 0 saturated heterocycles. The van der Waals surface area contributed by atoms with Gasteiger partial charge in [0.05, 0.1) is 18.8 Å². The summed E-state index contributed by atoms with van der Waals surface area (Å²) >= 11 is 0. The van der Waals surface area contributed by atoms with Crippen molar-refractivity contribution in [2.24, 2.45) is 5.92 Å². The fourth-order valence-corrected chi connectivity index (χ4v) is 3.03. The minimum atomic E-state index is -0.360. The molecular weight excluding hydrogens is 238 g/mol. The van der Waals surface area contributed by atoms with Gasteiger partial charge >= 0.3 is 0 Å². The van der Waals surface area contributed by atoms with Gasteiger partial charge in [-0.15, -0.1) is 0 Å². The number of nitrogens with one attached hydrogen (secondary N) is 1. The Bertz CT molecular complexity index is 261. The van der Waals surface area contributed by atoms with E-state index in [0.29, 0.717) is 19.3 Å². The standard InChI is InChI=1S/C16H29NO2/c18-15(13-19-16-9-5-2-6-10-16)12-17-11-14-7-3-1-4-8-14/h1,3,14-18H,2,4-13H2. The molecule has 0 aromatic heterocycles. The first-order valence-corrected chi connectivity index (χ1v) is 8.00. The van der Waals surface area contributed by atoms with Crippen molar-refractivity contribution < 1.29 is 9.84 Å².